The van der Waals surface area contributed by atoms with Gasteiger partial charge in [0.2, 0.25) is 0 Å². The van der Waals surface area contributed by atoms with Crippen LogP contribution >= 0.6 is 0 Å². The van der Waals surface area contributed by atoms with Crippen LogP contribution < -0.4 is 5.73 Å². The number of benzene rings is 2. The summed E-state index contributed by atoms with van der Waals surface area (Å²) in [5, 5.41) is 0. The predicted molar refractivity (Wildman–Crippen MR) is 78.4 cm³/mol. The zero-order chi connectivity index (χ0) is 14.3. The maximum absolute atomic E-state index is 13.9. The molecule has 0 saturated heterocycles. The lowest BCUT2D eigenvalue weighted by atomic mass is 10.2. The number of rotatable bonds is 2. The van der Waals surface area contributed by atoms with Gasteiger partial charge in [-0.15, -0.1) is 0 Å². The first kappa shape index (κ1) is 12.8. The Morgan fingerprint density at radius 3 is 2.50 bits per heavy atom. The fourth-order valence-corrected chi connectivity index (χ4v) is 2.47. The van der Waals surface area contributed by atoms with Crippen LogP contribution in [0.3, 0.4) is 0 Å². The molecule has 1 aromatic heterocycles. The molecule has 102 valence electrons. The first-order valence-electron chi connectivity index (χ1n) is 6.58. The summed E-state index contributed by atoms with van der Waals surface area (Å²) in [6.45, 7) is 3.65. The Hall–Kier alpha value is -2.20. The molecule has 20 heavy (non-hydrogen) atoms. The second kappa shape index (κ2) is 4.72. The Morgan fingerprint density at radius 1 is 1.15 bits per heavy atom. The number of nitrogens with zero attached hydrogens (tertiary/aromatic N) is 2. The van der Waals surface area contributed by atoms with Gasteiger partial charge in [0.1, 0.15) is 11.6 Å². The van der Waals surface area contributed by atoms with Crippen LogP contribution in [-0.4, -0.2) is 9.55 Å². The topological polar surface area (TPSA) is 43.8 Å². The van der Waals surface area contributed by atoms with E-state index in [1.165, 1.54) is 6.07 Å². The molecule has 0 amide bonds. The lowest BCUT2D eigenvalue weighted by Gasteiger charge is -2.12. The zero-order valence-corrected chi connectivity index (χ0v) is 11.5. The second-order valence-corrected chi connectivity index (χ2v) is 4.97. The van der Waals surface area contributed by atoms with Crippen molar-refractivity contribution in [1.82, 2.24) is 9.55 Å². The number of imidazole rings is 1. The summed E-state index contributed by atoms with van der Waals surface area (Å²) < 4.78 is 15.8. The Morgan fingerprint density at radius 2 is 1.85 bits per heavy atom. The summed E-state index contributed by atoms with van der Waals surface area (Å²) in [7, 11) is 0. The molecule has 2 aromatic carbocycles. The number of hydrogen-bond donors (Lipinski definition) is 1. The van der Waals surface area contributed by atoms with E-state index >= 15 is 0 Å². The number of para-hydroxylation sites is 1. The molecule has 4 heteroatoms. The Balaban J connectivity index is 2.43. The summed E-state index contributed by atoms with van der Waals surface area (Å²) in [5.74, 6) is 0.505. The lowest BCUT2D eigenvalue weighted by molar-refractivity contribution is 0.620. The van der Waals surface area contributed by atoms with Crippen LogP contribution in [0.25, 0.3) is 16.7 Å². The van der Waals surface area contributed by atoms with Crippen LogP contribution in [0.4, 0.5) is 4.39 Å². The molecule has 0 bridgehead atoms. The van der Waals surface area contributed by atoms with E-state index in [-0.39, 0.29) is 11.9 Å². The maximum Gasteiger partial charge on any atom is 0.131 e. The minimum absolute atomic E-state index is 0.231. The molecule has 0 aliphatic rings. The predicted octanol–water partition coefficient (Wildman–Crippen LogP) is 3.49. The van der Waals surface area contributed by atoms with Crippen molar-refractivity contribution in [2.75, 3.05) is 0 Å². The molecule has 0 aliphatic carbocycles. The van der Waals surface area contributed by atoms with Crippen molar-refractivity contribution in [3.63, 3.8) is 0 Å². The van der Waals surface area contributed by atoms with Gasteiger partial charge in [-0.25, -0.2) is 9.37 Å². The summed E-state index contributed by atoms with van der Waals surface area (Å²) in [6, 6.07) is 12.7. The van der Waals surface area contributed by atoms with Crippen molar-refractivity contribution in [3.05, 3.63) is 59.7 Å². The van der Waals surface area contributed by atoms with Gasteiger partial charge in [0.05, 0.1) is 17.1 Å². The summed E-state index contributed by atoms with van der Waals surface area (Å²) in [4.78, 5) is 4.56. The molecule has 2 N–H and O–H groups in total. The van der Waals surface area contributed by atoms with Gasteiger partial charge in [-0.3, -0.25) is 4.57 Å². The fraction of sp³-hybridized carbons (Fsp3) is 0.188. The molecule has 3 nitrogen and oxygen atoms in total. The normalized spacial score (nSPS) is 12.8. The van der Waals surface area contributed by atoms with E-state index in [0.29, 0.717) is 5.56 Å². The highest BCUT2D eigenvalue weighted by Crippen LogP contribution is 2.28. The highest BCUT2D eigenvalue weighted by Gasteiger charge is 2.18. The highest BCUT2D eigenvalue weighted by atomic mass is 19.1. The lowest BCUT2D eigenvalue weighted by Crippen LogP contribution is -2.12. The number of nitrogens with two attached hydrogens (primary N) is 1. The van der Waals surface area contributed by atoms with E-state index in [0.717, 1.165) is 22.5 Å². The Kier molecular flexibility index (Phi) is 3.03. The average molecular weight is 269 g/mol. The molecule has 1 heterocycles. The van der Waals surface area contributed by atoms with E-state index in [1.807, 2.05) is 41.8 Å². The third kappa shape index (κ3) is 1.89. The van der Waals surface area contributed by atoms with E-state index in [9.17, 15) is 4.39 Å². The van der Waals surface area contributed by atoms with Crippen molar-refractivity contribution >= 4 is 11.0 Å². The summed E-state index contributed by atoms with van der Waals surface area (Å²) in [6.07, 6.45) is 0. The van der Waals surface area contributed by atoms with Crippen molar-refractivity contribution in [1.29, 1.82) is 0 Å². The summed E-state index contributed by atoms with van der Waals surface area (Å²) in [5.41, 5.74) is 9.10. The van der Waals surface area contributed by atoms with E-state index < -0.39 is 0 Å². The average Bonchev–Trinajstić information content (AvgIpc) is 2.84. The minimum atomic E-state index is -0.231. The fourth-order valence-electron chi connectivity index (χ4n) is 2.47. The van der Waals surface area contributed by atoms with Gasteiger partial charge in [0.25, 0.3) is 0 Å². The number of aromatic nitrogens is 2. The van der Waals surface area contributed by atoms with Gasteiger partial charge in [0, 0.05) is 11.3 Å². The SMILES string of the molecule is Cc1c(F)ccc2nc([C@H](C)N)n(-c3ccccc3)c12. The van der Waals surface area contributed by atoms with Crippen molar-refractivity contribution < 1.29 is 4.39 Å². The maximum atomic E-state index is 13.9. The smallest absolute Gasteiger partial charge is 0.131 e. The van der Waals surface area contributed by atoms with Crippen molar-refractivity contribution in [3.8, 4) is 5.69 Å². The standard InChI is InChI=1S/C16H16FN3/c1-10-13(17)8-9-14-15(10)20(16(19-14)11(2)18)12-6-4-3-5-7-12/h3-9,11H,18H2,1-2H3/t11-/m0/s1. The quantitative estimate of drug-likeness (QED) is 0.774. The Bertz CT molecular complexity index is 760. The van der Waals surface area contributed by atoms with Gasteiger partial charge in [0.15, 0.2) is 0 Å². The van der Waals surface area contributed by atoms with Crippen LogP contribution in [0.15, 0.2) is 42.5 Å². The number of fused-ring (bicyclic) bond motifs is 1. The van der Waals surface area contributed by atoms with Gasteiger partial charge in [-0.1, -0.05) is 18.2 Å². The van der Waals surface area contributed by atoms with Crippen molar-refractivity contribution in [2.24, 2.45) is 5.73 Å². The second-order valence-electron chi connectivity index (χ2n) is 4.97. The zero-order valence-electron chi connectivity index (χ0n) is 11.5. The monoisotopic (exact) mass is 269 g/mol. The molecule has 1 atom stereocenters. The van der Waals surface area contributed by atoms with Gasteiger partial charge >= 0.3 is 0 Å². The van der Waals surface area contributed by atoms with Gasteiger partial charge in [-0.2, -0.15) is 0 Å². The van der Waals surface area contributed by atoms with E-state index in [4.69, 9.17) is 5.73 Å². The molecule has 0 spiro atoms. The third-order valence-corrected chi connectivity index (χ3v) is 3.45. The first-order valence-corrected chi connectivity index (χ1v) is 6.58. The molecule has 3 rings (SSSR count). The number of aryl methyl sites for hydroxylation is 1. The molecule has 3 aromatic rings. The number of hydrogen-bond acceptors (Lipinski definition) is 2. The van der Waals surface area contributed by atoms with Crippen LogP contribution in [-0.2, 0) is 0 Å². The third-order valence-electron chi connectivity index (χ3n) is 3.45. The van der Waals surface area contributed by atoms with Crippen LogP contribution in [0.1, 0.15) is 24.4 Å². The molecule has 0 aliphatic heterocycles. The van der Waals surface area contributed by atoms with E-state index in [1.54, 1.807) is 13.0 Å². The van der Waals surface area contributed by atoms with Gasteiger partial charge < -0.3 is 5.73 Å². The van der Waals surface area contributed by atoms with Crippen LogP contribution in [0.2, 0.25) is 0 Å². The molecule has 0 fully saturated rings. The van der Waals surface area contributed by atoms with Crippen LogP contribution in [0, 0.1) is 12.7 Å². The van der Waals surface area contributed by atoms with Crippen molar-refractivity contribution in [2.45, 2.75) is 19.9 Å². The molecule has 0 unspecified atom stereocenters. The molecular weight excluding hydrogens is 253 g/mol. The van der Waals surface area contributed by atoms with Crippen LogP contribution in [0.5, 0.6) is 0 Å². The largest absolute Gasteiger partial charge is 0.322 e. The summed E-state index contributed by atoms with van der Waals surface area (Å²) >= 11 is 0. The molecule has 0 radical (unpaired) electrons. The Labute approximate surface area is 116 Å². The first-order chi connectivity index (χ1) is 9.59. The molecule has 0 saturated carbocycles. The van der Waals surface area contributed by atoms with E-state index in [2.05, 4.69) is 4.98 Å². The molecular formula is C16H16FN3. The highest BCUT2D eigenvalue weighted by molar-refractivity contribution is 5.82. The minimum Gasteiger partial charge on any atom is -0.322 e. The number of halogens is 1. The van der Waals surface area contributed by atoms with Gasteiger partial charge in [-0.05, 0) is 38.1 Å².